The zero-order valence-electron chi connectivity index (χ0n) is 15.5. The van der Waals surface area contributed by atoms with Crippen LogP contribution in [0.2, 0.25) is 0 Å². The number of nitrogens with zero attached hydrogens (tertiary/aromatic N) is 2. The largest absolute Gasteiger partial charge is 0.493 e. The maximum atomic E-state index is 11.0. The van der Waals surface area contributed by atoms with Gasteiger partial charge in [0.15, 0.2) is 11.5 Å². The second kappa shape index (κ2) is 8.28. The van der Waals surface area contributed by atoms with E-state index in [9.17, 15) is 8.42 Å². The molecular formula is C18H21N5O4S. The number of methoxy groups -OCH3 is 2. The van der Waals surface area contributed by atoms with Gasteiger partial charge >= 0.3 is 0 Å². The number of hydrogen-bond donors (Lipinski definition) is 3. The molecule has 3 rings (SSSR count). The molecule has 0 radical (unpaired) electrons. The third-order valence-electron chi connectivity index (χ3n) is 4.06. The third-order valence-corrected chi connectivity index (χ3v) is 4.58. The second-order valence-corrected chi connectivity index (χ2v) is 7.26. The normalized spacial score (nSPS) is 11.2. The van der Waals surface area contributed by atoms with Gasteiger partial charge in [-0.1, -0.05) is 12.1 Å². The topological polar surface area (TPSA) is 128 Å². The number of hydrogen-bond acceptors (Lipinski definition) is 7. The van der Waals surface area contributed by atoms with Crippen molar-refractivity contribution < 1.29 is 17.9 Å². The molecule has 1 aromatic heterocycles. The van der Waals surface area contributed by atoms with Gasteiger partial charge in [-0.15, -0.1) is 0 Å². The average molecular weight is 403 g/mol. The summed E-state index contributed by atoms with van der Waals surface area (Å²) in [5.41, 5.74) is 2.20. The standard InChI is InChI=1S/C18H21N5O4S/c1-26-16-9-14-15(10-17(16)27-2)21-11-22-18(14)20-8-7-12-3-5-13(6-4-12)23-28(19,24)25/h3-6,9-11,23H,7-8H2,1-2H3,(H2,19,24,25)(H,20,21,22). The summed E-state index contributed by atoms with van der Waals surface area (Å²) in [6, 6.07) is 10.6. The van der Waals surface area contributed by atoms with E-state index in [1.54, 1.807) is 32.4 Å². The number of ether oxygens (including phenoxy) is 2. The lowest BCUT2D eigenvalue weighted by Crippen LogP contribution is -2.21. The van der Waals surface area contributed by atoms with Crippen LogP contribution in [0.4, 0.5) is 11.5 Å². The molecule has 0 atom stereocenters. The zero-order chi connectivity index (χ0) is 20.1. The first kappa shape index (κ1) is 19.6. The molecule has 0 saturated heterocycles. The summed E-state index contributed by atoms with van der Waals surface area (Å²) in [5, 5.41) is 9.08. The van der Waals surface area contributed by atoms with E-state index in [1.807, 2.05) is 18.2 Å². The Labute approximate surface area is 163 Å². The Morgan fingerprint density at radius 2 is 1.71 bits per heavy atom. The minimum absolute atomic E-state index is 0.419. The molecule has 4 N–H and O–H groups in total. The van der Waals surface area contributed by atoms with Crippen molar-refractivity contribution in [3.05, 3.63) is 48.3 Å². The van der Waals surface area contributed by atoms with Crippen molar-refractivity contribution in [3.63, 3.8) is 0 Å². The van der Waals surface area contributed by atoms with Crippen molar-refractivity contribution in [3.8, 4) is 11.5 Å². The molecule has 148 valence electrons. The van der Waals surface area contributed by atoms with Crippen LogP contribution >= 0.6 is 0 Å². The zero-order valence-corrected chi connectivity index (χ0v) is 16.3. The molecule has 10 heteroatoms. The molecule has 0 fully saturated rings. The van der Waals surface area contributed by atoms with Crippen molar-refractivity contribution in [2.24, 2.45) is 5.14 Å². The number of rotatable bonds is 8. The number of anilines is 2. The van der Waals surface area contributed by atoms with Gasteiger partial charge in [-0.25, -0.2) is 15.1 Å². The molecule has 0 amide bonds. The molecule has 1 heterocycles. The second-order valence-electron chi connectivity index (χ2n) is 5.97. The quantitative estimate of drug-likeness (QED) is 0.524. The van der Waals surface area contributed by atoms with Gasteiger partial charge in [0.05, 0.1) is 19.7 Å². The van der Waals surface area contributed by atoms with Crippen LogP contribution in [-0.4, -0.2) is 39.2 Å². The Bertz CT molecular complexity index is 1070. The van der Waals surface area contributed by atoms with Crippen molar-refractivity contribution >= 4 is 32.6 Å². The van der Waals surface area contributed by atoms with E-state index in [2.05, 4.69) is 20.0 Å². The lowest BCUT2D eigenvalue weighted by atomic mass is 10.1. The smallest absolute Gasteiger partial charge is 0.296 e. The van der Waals surface area contributed by atoms with Crippen LogP contribution in [0.1, 0.15) is 5.56 Å². The van der Waals surface area contributed by atoms with Crippen molar-refractivity contribution in [2.75, 3.05) is 30.8 Å². The van der Waals surface area contributed by atoms with Crippen LogP contribution in [0.3, 0.4) is 0 Å². The molecule has 0 unspecified atom stereocenters. The van der Waals surface area contributed by atoms with E-state index in [1.165, 1.54) is 6.33 Å². The maximum absolute atomic E-state index is 11.0. The van der Waals surface area contributed by atoms with E-state index in [0.717, 1.165) is 16.5 Å². The minimum atomic E-state index is -3.77. The molecule has 0 bridgehead atoms. The Balaban J connectivity index is 1.70. The number of nitrogens with two attached hydrogens (primary N) is 1. The van der Waals surface area contributed by atoms with Crippen LogP contribution in [0.15, 0.2) is 42.7 Å². The number of fused-ring (bicyclic) bond motifs is 1. The van der Waals surface area contributed by atoms with E-state index < -0.39 is 10.2 Å². The summed E-state index contributed by atoms with van der Waals surface area (Å²) in [4.78, 5) is 8.59. The van der Waals surface area contributed by atoms with Gasteiger partial charge in [0, 0.05) is 23.7 Å². The molecule has 0 saturated carbocycles. The number of benzene rings is 2. The molecule has 0 aliphatic rings. The first-order chi connectivity index (χ1) is 13.4. The molecule has 0 aliphatic heterocycles. The molecule has 0 aliphatic carbocycles. The molecular weight excluding hydrogens is 382 g/mol. The van der Waals surface area contributed by atoms with Crippen molar-refractivity contribution in [1.29, 1.82) is 0 Å². The van der Waals surface area contributed by atoms with Crippen molar-refractivity contribution in [2.45, 2.75) is 6.42 Å². The van der Waals surface area contributed by atoms with Crippen LogP contribution in [0.5, 0.6) is 11.5 Å². The maximum Gasteiger partial charge on any atom is 0.296 e. The fourth-order valence-electron chi connectivity index (χ4n) is 2.75. The Kier molecular flexibility index (Phi) is 5.81. The third kappa shape index (κ3) is 4.78. The van der Waals surface area contributed by atoms with Gasteiger partial charge in [-0.3, -0.25) is 4.72 Å². The fraction of sp³-hybridized carbons (Fsp3) is 0.222. The van der Waals surface area contributed by atoms with E-state index in [-0.39, 0.29) is 0 Å². The Hall–Kier alpha value is -3.11. The van der Waals surface area contributed by atoms with Gasteiger partial charge in [0.25, 0.3) is 10.2 Å². The molecule has 28 heavy (non-hydrogen) atoms. The lowest BCUT2D eigenvalue weighted by molar-refractivity contribution is 0.356. The summed E-state index contributed by atoms with van der Waals surface area (Å²) in [6.45, 7) is 0.627. The molecule has 0 spiro atoms. The summed E-state index contributed by atoms with van der Waals surface area (Å²) in [5.74, 6) is 1.90. The molecule has 9 nitrogen and oxygen atoms in total. The number of nitrogens with one attached hydrogen (secondary N) is 2. The van der Waals surface area contributed by atoms with Gasteiger partial charge in [-0.2, -0.15) is 8.42 Å². The van der Waals surface area contributed by atoms with Crippen LogP contribution in [0, 0.1) is 0 Å². The first-order valence-corrected chi connectivity index (χ1v) is 9.94. The summed E-state index contributed by atoms with van der Waals surface area (Å²) >= 11 is 0. The minimum Gasteiger partial charge on any atom is -0.493 e. The highest BCUT2D eigenvalue weighted by molar-refractivity contribution is 7.90. The highest BCUT2D eigenvalue weighted by atomic mass is 32.2. The predicted molar refractivity (Wildman–Crippen MR) is 108 cm³/mol. The number of aromatic nitrogens is 2. The van der Waals surface area contributed by atoms with Gasteiger partial charge in [0.1, 0.15) is 12.1 Å². The van der Waals surface area contributed by atoms with E-state index in [0.29, 0.717) is 36.0 Å². The van der Waals surface area contributed by atoms with Gasteiger partial charge < -0.3 is 14.8 Å². The molecule has 2 aromatic carbocycles. The van der Waals surface area contributed by atoms with Crippen LogP contribution < -0.4 is 24.7 Å². The Morgan fingerprint density at radius 3 is 2.36 bits per heavy atom. The highest BCUT2D eigenvalue weighted by Gasteiger charge is 2.10. The monoisotopic (exact) mass is 403 g/mol. The van der Waals surface area contributed by atoms with E-state index >= 15 is 0 Å². The summed E-state index contributed by atoms with van der Waals surface area (Å²) < 4.78 is 35.0. The lowest BCUT2D eigenvalue weighted by Gasteiger charge is -2.12. The summed E-state index contributed by atoms with van der Waals surface area (Å²) in [7, 11) is -0.615. The van der Waals surface area contributed by atoms with Crippen LogP contribution in [0.25, 0.3) is 10.9 Å². The fourth-order valence-corrected chi connectivity index (χ4v) is 3.22. The SMILES string of the molecule is COc1cc2ncnc(NCCc3ccc(NS(N)(=O)=O)cc3)c2cc1OC. The van der Waals surface area contributed by atoms with Gasteiger partial charge in [-0.05, 0) is 30.2 Å². The predicted octanol–water partition coefficient (Wildman–Crippen LogP) is 1.92. The first-order valence-electron chi connectivity index (χ1n) is 8.39. The van der Waals surface area contributed by atoms with E-state index in [4.69, 9.17) is 14.6 Å². The average Bonchev–Trinajstić information content (AvgIpc) is 2.67. The molecule has 3 aromatic rings. The van der Waals surface area contributed by atoms with Crippen LogP contribution in [-0.2, 0) is 16.6 Å². The van der Waals surface area contributed by atoms with Crippen molar-refractivity contribution in [1.82, 2.24) is 9.97 Å². The highest BCUT2D eigenvalue weighted by Crippen LogP contribution is 2.33. The van der Waals surface area contributed by atoms with Gasteiger partial charge in [0.2, 0.25) is 0 Å². The summed E-state index contributed by atoms with van der Waals surface area (Å²) in [6.07, 6.45) is 2.21. The Morgan fingerprint density at radius 1 is 1.04 bits per heavy atom.